The minimum atomic E-state index is 0. The van der Waals surface area contributed by atoms with E-state index in [1.54, 1.807) is 7.05 Å². The van der Waals surface area contributed by atoms with Gasteiger partial charge < -0.3 is 15.2 Å². The Bertz CT molecular complexity index is 699. The number of guanidine groups is 1. The number of aliphatic imine (C=N–C) groups is 1. The molecule has 1 saturated heterocycles. The maximum absolute atomic E-state index is 5.14. The van der Waals surface area contributed by atoms with Gasteiger partial charge in [-0.3, -0.25) is 9.89 Å². The predicted octanol–water partition coefficient (Wildman–Crippen LogP) is 2.54. The van der Waals surface area contributed by atoms with Crippen LogP contribution in [0.3, 0.4) is 0 Å². The third kappa shape index (κ3) is 6.46. The van der Waals surface area contributed by atoms with Crippen molar-refractivity contribution in [2.75, 3.05) is 33.2 Å². The quantitative estimate of drug-likeness (QED) is 0.358. The van der Waals surface area contributed by atoms with Crippen molar-refractivity contribution in [3.8, 4) is 0 Å². The standard InChI is InChI=1S/C19H28N6O.HI/c1-15-23-18(26-24-15)10-11-21-19(20-2)22-14-17(25-12-6-7-13-25)16-8-4-3-5-9-16;/h3-5,8-9,17H,6-7,10-14H2,1-2H3,(H2,20,21,22);1H. The van der Waals surface area contributed by atoms with Crippen LogP contribution in [0.25, 0.3) is 0 Å². The van der Waals surface area contributed by atoms with E-state index in [2.05, 4.69) is 61.0 Å². The molecule has 1 aliphatic heterocycles. The molecule has 148 valence electrons. The summed E-state index contributed by atoms with van der Waals surface area (Å²) in [5.74, 6) is 2.10. The van der Waals surface area contributed by atoms with Crippen LogP contribution in [0.15, 0.2) is 39.8 Å². The molecule has 0 amide bonds. The monoisotopic (exact) mass is 484 g/mol. The number of hydrogen-bond acceptors (Lipinski definition) is 5. The summed E-state index contributed by atoms with van der Waals surface area (Å²) in [6.07, 6.45) is 3.23. The fourth-order valence-electron chi connectivity index (χ4n) is 3.33. The molecule has 7 nitrogen and oxygen atoms in total. The van der Waals surface area contributed by atoms with Crippen LogP contribution in [0.4, 0.5) is 0 Å². The first kappa shape index (κ1) is 21.6. The lowest BCUT2D eigenvalue weighted by Gasteiger charge is -2.28. The van der Waals surface area contributed by atoms with Crippen LogP contribution in [0.1, 0.15) is 36.2 Å². The number of aryl methyl sites for hydroxylation is 1. The number of aromatic nitrogens is 2. The highest BCUT2D eigenvalue weighted by molar-refractivity contribution is 14.0. The summed E-state index contributed by atoms with van der Waals surface area (Å²) in [6.45, 7) is 5.65. The summed E-state index contributed by atoms with van der Waals surface area (Å²) < 4.78 is 5.14. The highest BCUT2D eigenvalue weighted by Gasteiger charge is 2.23. The summed E-state index contributed by atoms with van der Waals surface area (Å²) in [4.78, 5) is 11.1. The summed E-state index contributed by atoms with van der Waals surface area (Å²) in [7, 11) is 1.79. The van der Waals surface area contributed by atoms with Gasteiger partial charge in [0.25, 0.3) is 0 Å². The molecule has 1 atom stereocenters. The summed E-state index contributed by atoms with van der Waals surface area (Å²) >= 11 is 0. The molecular formula is C19H29IN6O. The van der Waals surface area contributed by atoms with Gasteiger partial charge in [-0.2, -0.15) is 4.98 Å². The highest BCUT2D eigenvalue weighted by Crippen LogP contribution is 2.24. The van der Waals surface area contributed by atoms with E-state index in [4.69, 9.17) is 4.52 Å². The normalized spacial score (nSPS) is 16.0. The predicted molar refractivity (Wildman–Crippen MR) is 118 cm³/mol. The maximum Gasteiger partial charge on any atom is 0.228 e. The molecule has 2 aromatic rings. The fraction of sp³-hybridized carbons (Fsp3) is 0.526. The van der Waals surface area contributed by atoms with Crippen molar-refractivity contribution in [1.29, 1.82) is 0 Å². The molecule has 1 aliphatic rings. The Morgan fingerprint density at radius 3 is 2.59 bits per heavy atom. The largest absolute Gasteiger partial charge is 0.356 e. The van der Waals surface area contributed by atoms with E-state index in [-0.39, 0.29) is 24.0 Å². The molecule has 8 heteroatoms. The number of nitrogens with one attached hydrogen (secondary N) is 2. The van der Waals surface area contributed by atoms with E-state index < -0.39 is 0 Å². The molecule has 1 aromatic heterocycles. The second-order valence-corrected chi connectivity index (χ2v) is 6.53. The molecule has 0 bridgehead atoms. The van der Waals surface area contributed by atoms with Crippen molar-refractivity contribution in [3.63, 3.8) is 0 Å². The zero-order chi connectivity index (χ0) is 18.2. The smallest absolute Gasteiger partial charge is 0.228 e. The molecule has 1 unspecified atom stereocenters. The molecule has 0 saturated carbocycles. The molecule has 2 N–H and O–H groups in total. The topological polar surface area (TPSA) is 78.6 Å². The van der Waals surface area contributed by atoms with Crippen LogP contribution >= 0.6 is 24.0 Å². The first-order valence-electron chi connectivity index (χ1n) is 9.29. The molecule has 0 radical (unpaired) electrons. The van der Waals surface area contributed by atoms with Crippen LogP contribution in [0.5, 0.6) is 0 Å². The summed E-state index contributed by atoms with van der Waals surface area (Å²) in [6, 6.07) is 11.1. The van der Waals surface area contributed by atoms with Crippen LogP contribution < -0.4 is 10.6 Å². The number of nitrogens with zero attached hydrogens (tertiary/aromatic N) is 4. The minimum absolute atomic E-state index is 0. The van der Waals surface area contributed by atoms with Crippen LogP contribution in [-0.2, 0) is 6.42 Å². The van der Waals surface area contributed by atoms with Crippen molar-refractivity contribution < 1.29 is 4.52 Å². The average Bonchev–Trinajstić information content (AvgIpc) is 3.33. The first-order chi connectivity index (χ1) is 12.8. The second-order valence-electron chi connectivity index (χ2n) is 6.53. The van der Waals surface area contributed by atoms with Gasteiger partial charge >= 0.3 is 0 Å². The van der Waals surface area contributed by atoms with E-state index in [1.165, 1.54) is 18.4 Å². The third-order valence-electron chi connectivity index (χ3n) is 4.65. The lowest BCUT2D eigenvalue weighted by molar-refractivity contribution is 0.245. The number of halogens is 1. The molecule has 3 rings (SSSR count). The molecule has 0 spiro atoms. The van der Waals surface area contributed by atoms with Crippen molar-refractivity contribution >= 4 is 29.9 Å². The summed E-state index contributed by atoms with van der Waals surface area (Å²) in [5, 5.41) is 10.6. The molecule has 1 aromatic carbocycles. The first-order valence-corrected chi connectivity index (χ1v) is 9.29. The Balaban J connectivity index is 0.00000261. The van der Waals surface area contributed by atoms with Crippen molar-refractivity contribution in [2.24, 2.45) is 4.99 Å². The van der Waals surface area contributed by atoms with Crippen molar-refractivity contribution in [3.05, 3.63) is 47.6 Å². The Kier molecular flexibility index (Phi) is 8.99. The molecule has 1 fully saturated rings. The Morgan fingerprint density at radius 2 is 1.96 bits per heavy atom. The van der Waals surface area contributed by atoms with Crippen LogP contribution in [-0.4, -0.2) is 54.2 Å². The lowest BCUT2D eigenvalue weighted by Crippen LogP contribution is -2.43. The molecule has 0 aliphatic carbocycles. The van der Waals surface area contributed by atoms with Crippen LogP contribution in [0, 0.1) is 6.92 Å². The van der Waals surface area contributed by atoms with Gasteiger partial charge in [-0.1, -0.05) is 35.5 Å². The number of rotatable bonds is 7. The highest BCUT2D eigenvalue weighted by atomic mass is 127. The van der Waals surface area contributed by atoms with Crippen molar-refractivity contribution in [2.45, 2.75) is 32.2 Å². The second kappa shape index (κ2) is 11.2. The minimum Gasteiger partial charge on any atom is -0.356 e. The Labute approximate surface area is 178 Å². The third-order valence-corrected chi connectivity index (χ3v) is 4.65. The van der Waals surface area contributed by atoms with E-state index in [0.717, 1.165) is 25.6 Å². The Morgan fingerprint density at radius 1 is 1.22 bits per heavy atom. The van der Waals surface area contributed by atoms with Gasteiger partial charge in [-0.15, -0.1) is 24.0 Å². The van der Waals surface area contributed by atoms with Gasteiger partial charge in [0.2, 0.25) is 5.89 Å². The lowest BCUT2D eigenvalue weighted by atomic mass is 10.1. The number of likely N-dealkylation sites (tertiary alicyclic amines) is 1. The average molecular weight is 484 g/mol. The number of benzene rings is 1. The van der Waals surface area contributed by atoms with E-state index in [9.17, 15) is 0 Å². The van der Waals surface area contributed by atoms with E-state index >= 15 is 0 Å². The Hall–Kier alpha value is -1.68. The van der Waals surface area contributed by atoms with Crippen LogP contribution in [0.2, 0.25) is 0 Å². The fourth-order valence-corrected chi connectivity index (χ4v) is 3.33. The molecular weight excluding hydrogens is 455 g/mol. The molecule has 27 heavy (non-hydrogen) atoms. The summed E-state index contributed by atoms with van der Waals surface area (Å²) in [5.41, 5.74) is 1.35. The van der Waals surface area contributed by atoms with Gasteiger partial charge in [0.15, 0.2) is 11.8 Å². The van der Waals surface area contributed by atoms with Crippen molar-refractivity contribution in [1.82, 2.24) is 25.7 Å². The SMILES string of the molecule is CN=C(NCCc1nc(C)no1)NCC(c1ccccc1)N1CCCC1.I. The van der Waals surface area contributed by atoms with E-state index in [1.807, 2.05) is 6.92 Å². The molecule has 2 heterocycles. The van der Waals surface area contributed by atoms with E-state index in [0.29, 0.717) is 30.7 Å². The zero-order valence-electron chi connectivity index (χ0n) is 16.0. The van der Waals surface area contributed by atoms with Gasteiger partial charge in [-0.25, -0.2) is 0 Å². The number of hydrogen-bond donors (Lipinski definition) is 2. The van der Waals surface area contributed by atoms with Gasteiger partial charge in [0.1, 0.15) is 0 Å². The maximum atomic E-state index is 5.14. The van der Waals surface area contributed by atoms with Gasteiger partial charge in [0.05, 0.1) is 6.04 Å². The van der Waals surface area contributed by atoms with Gasteiger partial charge in [-0.05, 0) is 38.4 Å². The zero-order valence-corrected chi connectivity index (χ0v) is 18.3. The van der Waals surface area contributed by atoms with Gasteiger partial charge in [0, 0.05) is 26.6 Å².